The summed E-state index contributed by atoms with van der Waals surface area (Å²) >= 11 is 0. The Balaban J connectivity index is 0.000000565. The maximum atomic E-state index is 12.0. The zero-order chi connectivity index (χ0) is 51.6. The third kappa shape index (κ3) is 17.9. The Morgan fingerprint density at radius 1 is 0.535 bits per heavy atom. The summed E-state index contributed by atoms with van der Waals surface area (Å²) < 4.78 is 126. The molecule has 0 fully saturated rings. The Labute approximate surface area is 431 Å². The molecule has 0 amide bonds. The van der Waals surface area contributed by atoms with Gasteiger partial charge in [0, 0.05) is 25.0 Å². The van der Waals surface area contributed by atoms with Crippen LogP contribution < -0.4 is 50.5 Å². The summed E-state index contributed by atoms with van der Waals surface area (Å²) in [5.74, 6) is -0.539. The molecule has 0 saturated carbocycles. The molecule has 382 valence electrons. The molecule has 0 aliphatic heterocycles. The van der Waals surface area contributed by atoms with E-state index >= 15 is 0 Å². The van der Waals surface area contributed by atoms with Gasteiger partial charge in [-0.3, -0.25) is 18.6 Å². The number of aromatic hydroxyl groups is 1. The molecule has 0 aliphatic carbocycles. The molecule has 71 heavy (non-hydrogen) atoms. The number of rotatable bonds is 25. The van der Waals surface area contributed by atoms with Gasteiger partial charge in [-0.2, -0.15) is 25.3 Å². The summed E-state index contributed by atoms with van der Waals surface area (Å²) in [6.45, 7) is 4.92. The molecular weight excluding hydrogens is 1010 g/mol. The average Bonchev–Trinajstić information content (AvgIpc) is 3.31. The number of azo groups is 2. The quantitative estimate of drug-likeness (QED) is 0.0131. The van der Waals surface area contributed by atoms with Gasteiger partial charge in [-0.25, -0.2) is 0 Å². The summed E-state index contributed by atoms with van der Waals surface area (Å²) in [6, 6.07) is 15.6. The molecule has 0 aromatic heterocycles. The molecule has 5 aromatic rings. The maximum Gasteiger partial charge on any atom is 1.00 e. The van der Waals surface area contributed by atoms with Crippen LogP contribution in [0.3, 0.4) is 0 Å². The number of nitrogens with two attached hydrogens (primary N) is 2. The van der Waals surface area contributed by atoms with Crippen LogP contribution in [-0.2, 0) is 44.6 Å². The molecule has 25 nitrogen and oxygen atoms in total. The Morgan fingerprint density at radius 3 is 1.44 bits per heavy atom. The van der Waals surface area contributed by atoms with Crippen molar-refractivity contribution in [2.75, 3.05) is 105 Å². The topological polar surface area (TPSA) is 395 Å². The summed E-state index contributed by atoms with van der Waals surface area (Å²) in [5, 5.41) is 52.7. The van der Waals surface area contributed by atoms with Crippen molar-refractivity contribution in [3.63, 3.8) is 0 Å². The summed E-state index contributed by atoms with van der Waals surface area (Å²) in [7, 11) is -11.6. The number of aliphatic hydroxyl groups excluding tert-OH is 3. The van der Waals surface area contributed by atoms with Crippen LogP contribution in [0.1, 0.15) is 0 Å². The number of fused-ring (bicyclic) bond motifs is 1. The van der Waals surface area contributed by atoms with Crippen molar-refractivity contribution < 1.29 is 113 Å². The first-order valence-corrected chi connectivity index (χ1v) is 24.9. The van der Waals surface area contributed by atoms with Gasteiger partial charge in [0.05, 0.1) is 90.0 Å². The van der Waals surface area contributed by atoms with Crippen LogP contribution in [0.25, 0.3) is 21.9 Å². The van der Waals surface area contributed by atoms with E-state index in [1.54, 1.807) is 30.3 Å². The molecule has 0 atom stereocenters. The first kappa shape index (κ1) is 60.3. The van der Waals surface area contributed by atoms with Crippen molar-refractivity contribution in [1.82, 2.24) is 4.90 Å². The van der Waals surface area contributed by atoms with Gasteiger partial charge >= 0.3 is 29.6 Å². The van der Waals surface area contributed by atoms with E-state index in [1.807, 2.05) is 0 Å². The van der Waals surface area contributed by atoms with Crippen LogP contribution in [0.5, 0.6) is 17.2 Å². The summed E-state index contributed by atoms with van der Waals surface area (Å²) in [6.07, 6.45) is 0. The van der Waals surface area contributed by atoms with E-state index in [-0.39, 0.29) is 100 Å². The van der Waals surface area contributed by atoms with E-state index in [4.69, 9.17) is 50.5 Å². The van der Waals surface area contributed by atoms with Crippen molar-refractivity contribution in [2.45, 2.75) is 14.7 Å². The second-order valence-electron chi connectivity index (χ2n) is 14.4. The predicted octanol–water partition coefficient (Wildman–Crippen LogP) is 1.28. The van der Waals surface area contributed by atoms with E-state index in [0.29, 0.717) is 50.8 Å². The van der Waals surface area contributed by atoms with Gasteiger partial charge in [0.2, 0.25) is 0 Å². The molecular formula is C42H53N7NaO18S3+. The normalized spacial score (nSPS) is 12.1. The van der Waals surface area contributed by atoms with Crippen LogP contribution in [0.2, 0.25) is 0 Å². The minimum atomic E-state index is -5.02. The molecule has 0 aliphatic rings. The third-order valence-electron chi connectivity index (χ3n) is 9.61. The molecule has 0 bridgehead atoms. The van der Waals surface area contributed by atoms with E-state index < -0.39 is 56.5 Å². The molecule has 0 unspecified atom stereocenters. The van der Waals surface area contributed by atoms with Crippen LogP contribution in [0, 0.1) is 0 Å². The van der Waals surface area contributed by atoms with Gasteiger partial charge < -0.3 is 55.6 Å². The van der Waals surface area contributed by atoms with Gasteiger partial charge in [0.15, 0.2) is 5.75 Å². The van der Waals surface area contributed by atoms with Gasteiger partial charge in [-0.05, 0) is 71.1 Å². The largest absolute Gasteiger partial charge is 1.00 e. The number of nitrogen functional groups attached to an aromatic ring is 2. The number of hydrogen-bond donors (Lipinski definition) is 9. The molecule has 0 radical (unpaired) electrons. The molecule has 29 heteroatoms. The molecule has 11 N–H and O–H groups in total. The van der Waals surface area contributed by atoms with Crippen LogP contribution in [0.15, 0.2) is 108 Å². The molecule has 0 heterocycles. The fraction of sp³-hybridized carbons (Fsp3) is 0.333. The number of ether oxygens (including phenoxy) is 5. The number of methoxy groups -OCH3 is 2. The van der Waals surface area contributed by atoms with Crippen LogP contribution in [-0.4, -0.2) is 158 Å². The van der Waals surface area contributed by atoms with Gasteiger partial charge in [0.1, 0.15) is 44.0 Å². The molecule has 5 aromatic carbocycles. The van der Waals surface area contributed by atoms with Crippen molar-refractivity contribution in [2.24, 2.45) is 20.5 Å². The van der Waals surface area contributed by atoms with E-state index in [1.165, 1.54) is 26.4 Å². The fourth-order valence-electron chi connectivity index (χ4n) is 6.21. The SMILES string of the molecule is COc1cc(-c2ccc(N=Nc3c(O)c(S(=O)(=O)O)cc4cc(S(=O)(=O)O)ccc34)c(OC)c2)ccc1N=Nc1cc(S(=O)(=O)O)c(N)cc1N.OCCOCCN(CCOCCO)CCOCCO.[Na+]. The second kappa shape index (κ2) is 28.3. The standard InChI is InChI=1S/C30H26N6O12S3.C12H27NO6.Na/c1-47-25-10-15(3-7-22(25)33-35-24-14-27(50(41,42)43)21(32)13-20(24)31)16-4-8-23(26(11-16)48-2)34-36-29-19-6-5-18(49(38,39)40)9-17(19)12-28(30(29)37)51(44,45)46;14-4-10-17-7-1-13(2-8-18-11-5-15)3-9-19-12-6-16;/h3-14,37H,31-32H2,1-2H3,(H,38,39,40)(H,41,42,43)(H,44,45,46);14-16H,1-12H2;/q;;+1. The summed E-state index contributed by atoms with van der Waals surface area (Å²) in [5.41, 5.74) is 12.3. The minimum absolute atomic E-state index is 0. The van der Waals surface area contributed by atoms with E-state index in [9.17, 15) is 44.0 Å². The van der Waals surface area contributed by atoms with Gasteiger partial charge in [-0.15, -0.1) is 20.5 Å². The predicted molar refractivity (Wildman–Crippen MR) is 254 cm³/mol. The Bertz CT molecular complexity index is 2960. The second-order valence-corrected chi connectivity index (χ2v) is 18.6. The Kier molecular flexibility index (Phi) is 24.0. The Hall–Kier alpha value is -4.99. The first-order chi connectivity index (χ1) is 33.2. The minimum Gasteiger partial charge on any atom is -0.504 e. The van der Waals surface area contributed by atoms with Crippen LogP contribution >= 0.6 is 0 Å². The van der Waals surface area contributed by atoms with Crippen molar-refractivity contribution in [3.8, 4) is 28.4 Å². The smallest absolute Gasteiger partial charge is 0.504 e. The maximum absolute atomic E-state index is 12.0. The number of hydrogen-bond acceptors (Lipinski definition) is 22. The molecule has 5 rings (SSSR count). The number of aliphatic hydroxyl groups is 3. The van der Waals surface area contributed by atoms with Crippen molar-refractivity contribution >= 4 is 75.3 Å². The number of benzene rings is 5. The van der Waals surface area contributed by atoms with Crippen LogP contribution in [0.4, 0.5) is 34.1 Å². The van der Waals surface area contributed by atoms with Crippen molar-refractivity contribution in [3.05, 3.63) is 72.8 Å². The number of nitrogens with zero attached hydrogens (tertiary/aromatic N) is 5. The average molecular weight is 1060 g/mol. The zero-order valence-electron chi connectivity index (χ0n) is 38.7. The summed E-state index contributed by atoms with van der Waals surface area (Å²) in [4.78, 5) is -0.0198. The number of phenolic OH excluding ortho intramolecular Hbond substituents is 1. The monoisotopic (exact) mass is 1060 g/mol. The Morgan fingerprint density at radius 2 is 1.00 bits per heavy atom. The van der Waals surface area contributed by atoms with Gasteiger partial charge in [0.25, 0.3) is 30.4 Å². The number of anilines is 2. The number of phenols is 1. The van der Waals surface area contributed by atoms with E-state index in [2.05, 4.69) is 25.4 Å². The third-order valence-corrected chi connectivity index (χ3v) is 12.2. The first-order valence-electron chi connectivity index (χ1n) is 20.6. The van der Waals surface area contributed by atoms with Crippen molar-refractivity contribution in [1.29, 1.82) is 0 Å². The molecule has 0 saturated heterocycles. The van der Waals surface area contributed by atoms with Gasteiger partial charge in [-0.1, -0.05) is 18.2 Å². The van der Waals surface area contributed by atoms with E-state index in [0.717, 1.165) is 50.0 Å². The molecule has 0 spiro atoms. The fourth-order valence-corrected chi connectivity index (χ4v) is 7.96. The zero-order valence-corrected chi connectivity index (χ0v) is 43.1.